The molecular weight excluding hydrogens is 596 g/mol. The van der Waals surface area contributed by atoms with E-state index in [1.165, 1.54) is 28.0 Å². The van der Waals surface area contributed by atoms with E-state index >= 15 is 0 Å². The van der Waals surface area contributed by atoms with Crippen molar-refractivity contribution in [1.82, 2.24) is 14.8 Å². The molecule has 1 aliphatic rings. The zero-order chi connectivity index (χ0) is 32.2. The smallest absolute Gasteiger partial charge is 0.284 e. The molecule has 4 aromatic carbocycles. The van der Waals surface area contributed by atoms with E-state index in [-0.39, 0.29) is 36.5 Å². The first kappa shape index (κ1) is 31.4. The van der Waals surface area contributed by atoms with E-state index in [1.807, 2.05) is 49.4 Å². The average Bonchev–Trinajstić information content (AvgIpc) is 3.52. The van der Waals surface area contributed by atoms with Gasteiger partial charge < -0.3 is 20.1 Å². The fourth-order valence-corrected chi connectivity index (χ4v) is 6.68. The summed E-state index contributed by atoms with van der Waals surface area (Å²) >= 11 is 1.31. The fraction of sp³-hybridized carbons (Fsp3) is 0.270. The number of amides is 2. The van der Waals surface area contributed by atoms with Crippen LogP contribution in [0.2, 0.25) is 0 Å². The van der Waals surface area contributed by atoms with Crippen molar-refractivity contribution in [2.75, 3.05) is 32.1 Å². The highest BCUT2D eigenvalue weighted by Crippen LogP contribution is 2.36. The Labute approximate surface area is 273 Å². The van der Waals surface area contributed by atoms with E-state index in [2.05, 4.69) is 65.6 Å². The van der Waals surface area contributed by atoms with E-state index in [1.54, 1.807) is 23.1 Å². The minimum absolute atomic E-state index is 0.0676. The topological polar surface area (TPSA) is 95.0 Å². The molecule has 6 rings (SSSR count). The third-order valence-corrected chi connectivity index (χ3v) is 9.47. The second-order valence-electron chi connectivity index (χ2n) is 12.0. The molecule has 2 amide bonds. The molecule has 0 saturated carbocycles. The summed E-state index contributed by atoms with van der Waals surface area (Å²) in [5.41, 5.74) is 5.04. The lowest BCUT2D eigenvalue weighted by Gasteiger charge is -2.38. The van der Waals surface area contributed by atoms with Gasteiger partial charge in [0, 0.05) is 25.6 Å². The minimum atomic E-state index is -0.386. The summed E-state index contributed by atoms with van der Waals surface area (Å²) in [7, 11) is 2.06. The molecule has 2 heterocycles. The number of hydrogen-bond acceptors (Lipinski definition) is 7. The average molecular weight is 635 g/mol. The number of fused-ring (bicyclic) bond motifs is 2. The number of carbonyl (C=O) groups excluding carboxylic acids is 2. The molecule has 9 heteroatoms. The SMILES string of the molecule is C[C@@H]1CN([C@@H](C)CO)C(=O)c2cccc(NC(=O)c3nc4ccccc4s3)c2O[C@H]1CN(C)Cc1ccc(-c2ccccc2)cc1. The summed E-state index contributed by atoms with van der Waals surface area (Å²) in [6, 6.07) is 31.3. The van der Waals surface area contributed by atoms with Crippen molar-refractivity contribution in [3.63, 3.8) is 0 Å². The van der Waals surface area contributed by atoms with Crippen LogP contribution in [-0.4, -0.2) is 70.6 Å². The van der Waals surface area contributed by atoms with Gasteiger partial charge in [0.05, 0.1) is 34.1 Å². The molecule has 0 spiro atoms. The third-order valence-electron chi connectivity index (χ3n) is 8.43. The summed E-state index contributed by atoms with van der Waals surface area (Å²) in [4.78, 5) is 35.7. The van der Waals surface area contributed by atoms with Gasteiger partial charge in [0.1, 0.15) is 6.10 Å². The summed E-state index contributed by atoms with van der Waals surface area (Å²) in [6.07, 6.45) is -0.311. The number of aliphatic hydroxyl groups excluding tert-OH is 1. The Morgan fingerprint density at radius 1 is 1.02 bits per heavy atom. The van der Waals surface area contributed by atoms with Crippen LogP contribution in [0.1, 0.15) is 39.6 Å². The molecule has 0 radical (unpaired) electrons. The standard InChI is InChI=1S/C37H38N4O4S/c1-24-20-41(25(2)23-42)37(44)29-12-9-14-31(38-35(43)36-39-30-13-7-8-15-33(30)46-36)34(29)45-32(24)22-40(3)21-26-16-18-28(19-17-26)27-10-5-4-6-11-27/h4-19,24-25,32,42H,20-23H2,1-3H3,(H,38,43)/t24-,25+,32+/m1/s1. The fourth-order valence-electron chi connectivity index (χ4n) is 5.82. The number of thiazole rings is 1. The Hall–Kier alpha value is -4.57. The van der Waals surface area contributed by atoms with Crippen molar-refractivity contribution < 1.29 is 19.4 Å². The molecular formula is C37H38N4O4S. The number of ether oxygens (including phenoxy) is 1. The largest absolute Gasteiger partial charge is 0.486 e. The highest BCUT2D eigenvalue weighted by molar-refractivity contribution is 7.20. The Balaban J connectivity index is 1.26. The maximum Gasteiger partial charge on any atom is 0.284 e. The Bertz CT molecular complexity index is 1790. The zero-order valence-corrected chi connectivity index (χ0v) is 27.0. The molecule has 1 aromatic heterocycles. The van der Waals surface area contributed by atoms with Gasteiger partial charge >= 0.3 is 0 Å². The van der Waals surface area contributed by atoms with Gasteiger partial charge in [-0.3, -0.25) is 14.5 Å². The molecule has 0 bridgehead atoms. The van der Waals surface area contributed by atoms with Gasteiger partial charge in [-0.25, -0.2) is 4.98 Å². The maximum absolute atomic E-state index is 13.9. The van der Waals surface area contributed by atoms with Crippen molar-refractivity contribution in [2.24, 2.45) is 5.92 Å². The predicted molar refractivity (Wildman–Crippen MR) is 183 cm³/mol. The van der Waals surface area contributed by atoms with Crippen molar-refractivity contribution in [3.8, 4) is 16.9 Å². The van der Waals surface area contributed by atoms with Gasteiger partial charge in [0.25, 0.3) is 11.8 Å². The molecule has 236 valence electrons. The highest BCUT2D eigenvalue weighted by Gasteiger charge is 2.34. The number of aromatic nitrogens is 1. The van der Waals surface area contributed by atoms with Crippen molar-refractivity contribution >= 4 is 39.1 Å². The number of para-hydroxylation sites is 2. The molecule has 0 saturated heterocycles. The first-order valence-corrected chi connectivity index (χ1v) is 16.3. The van der Waals surface area contributed by atoms with E-state index < -0.39 is 0 Å². The normalized spacial score (nSPS) is 17.2. The number of nitrogens with zero attached hydrogens (tertiary/aromatic N) is 3. The number of hydrogen-bond donors (Lipinski definition) is 2. The predicted octanol–water partition coefficient (Wildman–Crippen LogP) is 6.57. The number of likely N-dealkylation sites (N-methyl/N-ethyl adjacent to an activating group) is 1. The molecule has 0 fully saturated rings. The third kappa shape index (κ3) is 6.82. The van der Waals surface area contributed by atoms with Crippen LogP contribution in [0.15, 0.2) is 97.1 Å². The quantitative estimate of drug-likeness (QED) is 0.191. The number of benzene rings is 4. The first-order chi connectivity index (χ1) is 22.3. The molecule has 1 aliphatic heterocycles. The van der Waals surface area contributed by atoms with E-state index in [0.29, 0.717) is 41.6 Å². The number of aliphatic hydroxyl groups is 1. The van der Waals surface area contributed by atoms with Crippen molar-refractivity contribution in [3.05, 3.63) is 113 Å². The molecule has 3 atom stereocenters. The Morgan fingerprint density at radius 2 is 1.74 bits per heavy atom. The summed E-state index contributed by atoms with van der Waals surface area (Å²) in [6.45, 7) is 5.45. The van der Waals surface area contributed by atoms with Crippen LogP contribution in [0.3, 0.4) is 0 Å². The summed E-state index contributed by atoms with van der Waals surface area (Å²) in [5, 5.41) is 13.3. The van der Waals surface area contributed by atoms with E-state index in [9.17, 15) is 14.7 Å². The van der Waals surface area contributed by atoms with Gasteiger partial charge in [0.2, 0.25) is 0 Å². The molecule has 46 heavy (non-hydrogen) atoms. The molecule has 0 aliphatic carbocycles. The Morgan fingerprint density at radius 3 is 2.48 bits per heavy atom. The van der Waals surface area contributed by atoms with Crippen LogP contribution in [0.4, 0.5) is 5.69 Å². The van der Waals surface area contributed by atoms with Gasteiger partial charge in [-0.1, -0.05) is 79.7 Å². The lowest BCUT2D eigenvalue weighted by Crippen LogP contribution is -2.49. The highest BCUT2D eigenvalue weighted by atomic mass is 32.1. The number of nitrogens with one attached hydrogen (secondary N) is 1. The molecule has 0 unspecified atom stereocenters. The van der Waals surface area contributed by atoms with Crippen LogP contribution in [0.25, 0.3) is 21.3 Å². The van der Waals surface area contributed by atoms with E-state index in [0.717, 1.165) is 10.2 Å². The number of rotatable bonds is 9. The lowest BCUT2D eigenvalue weighted by molar-refractivity contribution is 0.0343. The van der Waals surface area contributed by atoms with Crippen LogP contribution >= 0.6 is 11.3 Å². The Kier molecular flexibility index (Phi) is 9.44. The van der Waals surface area contributed by atoms with Crippen LogP contribution in [0, 0.1) is 5.92 Å². The van der Waals surface area contributed by atoms with Crippen molar-refractivity contribution in [2.45, 2.75) is 32.5 Å². The second kappa shape index (κ2) is 13.8. The van der Waals surface area contributed by atoms with Gasteiger partial charge in [-0.15, -0.1) is 11.3 Å². The van der Waals surface area contributed by atoms with Crippen LogP contribution in [0.5, 0.6) is 5.75 Å². The molecule has 5 aromatic rings. The minimum Gasteiger partial charge on any atom is -0.486 e. The summed E-state index contributed by atoms with van der Waals surface area (Å²) < 4.78 is 7.63. The first-order valence-electron chi connectivity index (χ1n) is 15.5. The molecule has 2 N–H and O–H groups in total. The maximum atomic E-state index is 13.9. The van der Waals surface area contributed by atoms with E-state index in [4.69, 9.17) is 4.74 Å². The second-order valence-corrected chi connectivity index (χ2v) is 13.0. The number of anilines is 1. The monoisotopic (exact) mass is 634 g/mol. The van der Waals surface area contributed by atoms with Gasteiger partial charge in [0.15, 0.2) is 10.8 Å². The van der Waals surface area contributed by atoms with Gasteiger partial charge in [-0.05, 0) is 54.9 Å². The lowest BCUT2D eigenvalue weighted by atomic mass is 9.98. The van der Waals surface area contributed by atoms with Gasteiger partial charge in [-0.2, -0.15) is 0 Å². The number of carbonyl (C=O) groups is 2. The zero-order valence-electron chi connectivity index (χ0n) is 26.2. The molecule has 8 nitrogen and oxygen atoms in total. The van der Waals surface area contributed by atoms with Crippen LogP contribution < -0.4 is 10.1 Å². The summed E-state index contributed by atoms with van der Waals surface area (Å²) in [5.74, 6) is -0.352. The van der Waals surface area contributed by atoms with Crippen LogP contribution in [-0.2, 0) is 6.54 Å². The van der Waals surface area contributed by atoms with Crippen molar-refractivity contribution in [1.29, 1.82) is 0 Å².